The number of hydrogen-bond acceptors (Lipinski definition) is 2. The van der Waals surface area contributed by atoms with Crippen molar-refractivity contribution in [2.45, 2.75) is 33.1 Å². The summed E-state index contributed by atoms with van der Waals surface area (Å²) in [6, 6.07) is 18.8. The molecule has 0 bridgehead atoms. The van der Waals surface area contributed by atoms with Crippen LogP contribution in [0.2, 0.25) is 0 Å². The Morgan fingerprint density at radius 1 is 0.960 bits per heavy atom. The maximum atomic E-state index is 11.3. The molecule has 25 heavy (non-hydrogen) atoms. The van der Waals surface area contributed by atoms with E-state index in [1.807, 2.05) is 32.2 Å². The molecule has 2 aromatic carbocycles. The fourth-order valence-corrected chi connectivity index (χ4v) is 2.72. The molecule has 1 N–H and O–H groups in total. The number of fused-ring (bicyclic) bond motifs is 1. The van der Waals surface area contributed by atoms with E-state index in [9.17, 15) is 4.79 Å². The molecule has 130 valence electrons. The first-order valence-electron chi connectivity index (χ1n) is 8.87. The minimum absolute atomic E-state index is 0.0778. The van der Waals surface area contributed by atoms with Gasteiger partial charge >= 0.3 is 0 Å². The summed E-state index contributed by atoms with van der Waals surface area (Å²) in [5.74, 6) is 0.0778. The second-order valence-electron chi connectivity index (χ2n) is 5.65. The van der Waals surface area contributed by atoms with Crippen molar-refractivity contribution in [1.29, 1.82) is 0 Å². The van der Waals surface area contributed by atoms with E-state index < -0.39 is 0 Å². The number of hydrogen-bond donors (Lipinski definition) is 1. The SMILES string of the molecule is CC.CNC(=O)CCc1ccc(Cc2nccc3ccccc23)cc1. The fraction of sp³-hybridized carbons (Fsp3) is 0.273. The van der Waals surface area contributed by atoms with Gasteiger partial charge in [0.25, 0.3) is 0 Å². The average molecular weight is 334 g/mol. The van der Waals surface area contributed by atoms with Crippen LogP contribution in [-0.4, -0.2) is 17.9 Å². The normalized spacial score (nSPS) is 10.0. The summed E-state index contributed by atoms with van der Waals surface area (Å²) in [6.45, 7) is 4.00. The Morgan fingerprint density at radius 3 is 2.36 bits per heavy atom. The van der Waals surface area contributed by atoms with Gasteiger partial charge in [-0.2, -0.15) is 0 Å². The van der Waals surface area contributed by atoms with E-state index in [-0.39, 0.29) is 5.91 Å². The van der Waals surface area contributed by atoms with E-state index in [0.717, 1.165) is 18.5 Å². The number of benzene rings is 2. The van der Waals surface area contributed by atoms with Crippen LogP contribution in [0.1, 0.15) is 37.1 Å². The molecule has 0 saturated heterocycles. The number of rotatable bonds is 5. The lowest BCUT2D eigenvalue weighted by atomic mass is 10.0. The zero-order valence-corrected chi connectivity index (χ0v) is 15.3. The molecule has 0 saturated carbocycles. The molecule has 3 nitrogen and oxygen atoms in total. The van der Waals surface area contributed by atoms with Gasteiger partial charge in [-0.25, -0.2) is 0 Å². The van der Waals surface area contributed by atoms with Crippen molar-refractivity contribution in [1.82, 2.24) is 10.3 Å². The lowest BCUT2D eigenvalue weighted by Crippen LogP contribution is -2.17. The molecule has 1 amide bonds. The topological polar surface area (TPSA) is 42.0 Å². The lowest BCUT2D eigenvalue weighted by molar-refractivity contribution is -0.120. The molecule has 1 heterocycles. The Hall–Kier alpha value is -2.68. The molecule has 1 aromatic heterocycles. The summed E-state index contributed by atoms with van der Waals surface area (Å²) in [4.78, 5) is 15.8. The summed E-state index contributed by atoms with van der Waals surface area (Å²) in [7, 11) is 1.67. The van der Waals surface area contributed by atoms with Gasteiger partial charge in [-0.1, -0.05) is 62.4 Å². The fourth-order valence-electron chi connectivity index (χ4n) is 2.72. The standard InChI is InChI=1S/C20H20N2O.C2H6/c1-21-20(23)11-10-15-6-8-16(9-7-15)14-19-18-5-3-2-4-17(18)12-13-22-19;1-2/h2-9,12-13H,10-11,14H2,1H3,(H,21,23);1-2H3. The number of amides is 1. The highest BCUT2D eigenvalue weighted by Crippen LogP contribution is 2.19. The Kier molecular flexibility index (Phi) is 7.15. The number of aromatic nitrogens is 1. The Bertz CT molecular complexity index is 804. The van der Waals surface area contributed by atoms with Crippen molar-refractivity contribution in [3.05, 3.63) is 77.6 Å². The molecule has 3 heteroatoms. The van der Waals surface area contributed by atoms with Crippen LogP contribution in [0.15, 0.2) is 60.8 Å². The van der Waals surface area contributed by atoms with Crippen molar-refractivity contribution in [3.8, 4) is 0 Å². The molecule has 0 radical (unpaired) electrons. The Morgan fingerprint density at radius 2 is 1.64 bits per heavy atom. The van der Waals surface area contributed by atoms with Crippen molar-refractivity contribution in [2.75, 3.05) is 7.05 Å². The van der Waals surface area contributed by atoms with Crippen LogP contribution >= 0.6 is 0 Å². The average Bonchev–Trinajstić information content (AvgIpc) is 2.69. The molecular weight excluding hydrogens is 308 g/mol. The second-order valence-corrected chi connectivity index (χ2v) is 5.65. The van der Waals surface area contributed by atoms with E-state index in [1.165, 1.54) is 21.9 Å². The summed E-state index contributed by atoms with van der Waals surface area (Å²) in [5.41, 5.74) is 3.52. The molecule has 3 rings (SSSR count). The second kappa shape index (κ2) is 9.58. The smallest absolute Gasteiger partial charge is 0.220 e. The molecule has 0 aliphatic carbocycles. The third-order valence-electron chi connectivity index (χ3n) is 4.07. The van der Waals surface area contributed by atoms with Crippen LogP contribution in [0.4, 0.5) is 0 Å². The lowest BCUT2D eigenvalue weighted by Gasteiger charge is -2.07. The molecule has 0 spiro atoms. The van der Waals surface area contributed by atoms with E-state index in [1.54, 1.807) is 7.05 Å². The van der Waals surface area contributed by atoms with Gasteiger partial charge in [0.15, 0.2) is 0 Å². The molecule has 3 aromatic rings. The van der Waals surface area contributed by atoms with E-state index in [2.05, 4.69) is 52.8 Å². The van der Waals surface area contributed by atoms with E-state index >= 15 is 0 Å². The summed E-state index contributed by atoms with van der Waals surface area (Å²) >= 11 is 0. The molecule has 0 aliphatic rings. The number of nitrogens with zero attached hydrogens (tertiary/aromatic N) is 1. The third-order valence-corrected chi connectivity index (χ3v) is 4.07. The van der Waals surface area contributed by atoms with Crippen LogP contribution in [0.3, 0.4) is 0 Å². The zero-order valence-electron chi connectivity index (χ0n) is 15.3. The number of aryl methyl sites for hydroxylation is 1. The predicted molar refractivity (Wildman–Crippen MR) is 105 cm³/mol. The van der Waals surface area contributed by atoms with Crippen molar-refractivity contribution >= 4 is 16.7 Å². The summed E-state index contributed by atoms with van der Waals surface area (Å²) < 4.78 is 0. The van der Waals surface area contributed by atoms with E-state index in [0.29, 0.717) is 6.42 Å². The van der Waals surface area contributed by atoms with Gasteiger partial charge < -0.3 is 5.32 Å². The quantitative estimate of drug-likeness (QED) is 0.745. The maximum Gasteiger partial charge on any atom is 0.220 e. The highest BCUT2D eigenvalue weighted by Gasteiger charge is 2.04. The Balaban J connectivity index is 0.00000109. The highest BCUT2D eigenvalue weighted by atomic mass is 16.1. The first kappa shape index (κ1) is 18.7. The first-order chi connectivity index (χ1) is 12.3. The largest absolute Gasteiger partial charge is 0.359 e. The van der Waals surface area contributed by atoms with Crippen LogP contribution in [0.5, 0.6) is 0 Å². The van der Waals surface area contributed by atoms with Gasteiger partial charge in [-0.3, -0.25) is 9.78 Å². The Labute approximate surface area is 150 Å². The molecule has 0 fully saturated rings. The summed E-state index contributed by atoms with van der Waals surface area (Å²) in [5, 5.41) is 5.08. The van der Waals surface area contributed by atoms with Gasteiger partial charge in [-0.15, -0.1) is 0 Å². The molecule has 0 atom stereocenters. The predicted octanol–water partition coefficient (Wildman–Crippen LogP) is 4.53. The minimum Gasteiger partial charge on any atom is -0.359 e. The monoisotopic (exact) mass is 334 g/mol. The van der Waals surface area contributed by atoms with Gasteiger partial charge in [0.1, 0.15) is 0 Å². The third kappa shape index (κ3) is 5.15. The number of nitrogens with one attached hydrogen (secondary N) is 1. The van der Waals surface area contributed by atoms with E-state index in [4.69, 9.17) is 0 Å². The number of carbonyl (C=O) groups excluding carboxylic acids is 1. The zero-order chi connectivity index (χ0) is 18.1. The summed E-state index contributed by atoms with van der Waals surface area (Å²) in [6.07, 6.45) is 3.99. The minimum atomic E-state index is 0.0778. The molecule has 0 unspecified atom stereocenters. The van der Waals surface area contributed by atoms with Gasteiger partial charge in [0.2, 0.25) is 5.91 Å². The number of carbonyl (C=O) groups is 1. The maximum absolute atomic E-state index is 11.3. The van der Waals surface area contributed by atoms with Crippen LogP contribution in [0.25, 0.3) is 10.8 Å². The van der Waals surface area contributed by atoms with Crippen LogP contribution in [-0.2, 0) is 17.6 Å². The number of pyridine rings is 1. The van der Waals surface area contributed by atoms with Crippen LogP contribution < -0.4 is 5.32 Å². The van der Waals surface area contributed by atoms with Gasteiger partial charge in [-0.05, 0) is 29.0 Å². The van der Waals surface area contributed by atoms with Crippen molar-refractivity contribution in [2.24, 2.45) is 0 Å². The molecular formula is C22H26N2O. The van der Waals surface area contributed by atoms with Crippen molar-refractivity contribution < 1.29 is 4.79 Å². The highest BCUT2D eigenvalue weighted by molar-refractivity contribution is 5.84. The van der Waals surface area contributed by atoms with Gasteiger partial charge in [0, 0.05) is 31.5 Å². The molecule has 0 aliphatic heterocycles. The first-order valence-corrected chi connectivity index (χ1v) is 8.87. The van der Waals surface area contributed by atoms with Gasteiger partial charge in [0.05, 0.1) is 5.69 Å². The van der Waals surface area contributed by atoms with Crippen LogP contribution in [0, 0.1) is 0 Å². The van der Waals surface area contributed by atoms with Crippen molar-refractivity contribution in [3.63, 3.8) is 0 Å².